The number of carbonyl (C=O) groups is 2. The number of aromatic nitrogens is 1. The summed E-state index contributed by atoms with van der Waals surface area (Å²) < 4.78 is 6.83. The Labute approximate surface area is 155 Å². The molecule has 1 N–H and O–H groups in total. The van der Waals surface area contributed by atoms with E-state index in [0.717, 1.165) is 30.6 Å². The van der Waals surface area contributed by atoms with Crippen molar-refractivity contribution >= 4 is 17.6 Å². The molecular weight excluding hydrogens is 328 g/mol. The van der Waals surface area contributed by atoms with Crippen molar-refractivity contribution in [1.29, 1.82) is 0 Å². The molecule has 26 heavy (non-hydrogen) atoms. The molecule has 5 heteroatoms. The van der Waals surface area contributed by atoms with Crippen molar-refractivity contribution < 1.29 is 14.3 Å². The standard InChI is InChI=1S/C21H28N2O3/c1-6-8-9-16-10-12-17(13-11-16)22-20(24)18-14(3)19(21(25)26-7-2)23(5)15(18)4/h10-13H,6-9H2,1-5H3,(H,22,24). The number of amides is 1. The summed E-state index contributed by atoms with van der Waals surface area (Å²) in [6.07, 6.45) is 3.36. The van der Waals surface area contributed by atoms with Gasteiger partial charge < -0.3 is 14.6 Å². The maximum absolute atomic E-state index is 12.8. The van der Waals surface area contributed by atoms with Crippen LogP contribution in [-0.4, -0.2) is 23.1 Å². The van der Waals surface area contributed by atoms with Gasteiger partial charge in [0.25, 0.3) is 5.91 Å². The number of carbonyl (C=O) groups excluding carboxylic acids is 2. The van der Waals surface area contributed by atoms with Crippen molar-refractivity contribution in [2.75, 3.05) is 11.9 Å². The fourth-order valence-electron chi connectivity index (χ4n) is 3.13. The first-order valence-corrected chi connectivity index (χ1v) is 9.13. The number of aryl methyl sites for hydroxylation is 1. The van der Waals surface area contributed by atoms with Crippen molar-refractivity contribution in [2.24, 2.45) is 7.05 Å². The van der Waals surface area contributed by atoms with Crippen LogP contribution in [0.2, 0.25) is 0 Å². The molecule has 0 unspecified atom stereocenters. The van der Waals surface area contributed by atoms with Gasteiger partial charge in [-0.1, -0.05) is 25.5 Å². The second-order valence-corrected chi connectivity index (χ2v) is 6.47. The molecule has 2 rings (SSSR count). The van der Waals surface area contributed by atoms with E-state index in [2.05, 4.69) is 12.2 Å². The molecule has 0 fully saturated rings. The van der Waals surface area contributed by atoms with Crippen molar-refractivity contribution in [1.82, 2.24) is 4.57 Å². The van der Waals surface area contributed by atoms with Crippen LogP contribution in [0.4, 0.5) is 5.69 Å². The molecule has 0 saturated carbocycles. The molecule has 0 aliphatic heterocycles. The molecule has 0 spiro atoms. The van der Waals surface area contributed by atoms with Gasteiger partial charge in [0.15, 0.2) is 0 Å². The van der Waals surface area contributed by atoms with Crippen LogP contribution in [0, 0.1) is 13.8 Å². The number of ether oxygens (including phenoxy) is 1. The first kappa shape index (κ1) is 19.8. The minimum absolute atomic E-state index is 0.215. The summed E-state index contributed by atoms with van der Waals surface area (Å²) in [5, 5.41) is 2.93. The van der Waals surface area contributed by atoms with Gasteiger partial charge >= 0.3 is 5.97 Å². The molecule has 1 heterocycles. The second kappa shape index (κ2) is 8.70. The van der Waals surface area contributed by atoms with Crippen LogP contribution in [0.1, 0.15) is 64.4 Å². The quantitative estimate of drug-likeness (QED) is 0.747. The average molecular weight is 356 g/mol. The summed E-state index contributed by atoms with van der Waals surface area (Å²) >= 11 is 0. The maximum Gasteiger partial charge on any atom is 0.355 e. The van der Waals surface area contributed by atoms with Gasteiger partial charge in [0, 0.05) is 18.4 Å². The highest BCUT2D eigenvalue weighted by atomic mass is 16.5. The molecule has 1 aromatic heterocycles. The number of nitrogens with one attached hydrogen (secondary N) is 1. The van der Waals surface area contributed by atoms with Crippen LogP contribution in [0.5, 0.6) is 0 Å². The third kappa shape index (κ3) is 4.15. The zero-order valence-corrected chi connectivity index (χ0v) is 16.3. The van der Waals surface area contributed by atoms with Gasteiger partial charge in [0.2, 0.25) is 0 Å². The summed E-state index contributed by atoms with van der Waals surface area (Å²) in [6, 6.07) is 7.92. The lowest BCUT2D eigenvalue weighted by Gasteiger charge is -2.08. The summed E-state index contributed by atoms with van der Waals surface area (Å²) in [7, 11) is 1.77. The van der Waals surface area contributed by atoms with E-state index < -0.39 is 5.97 Å². The monoisotopic (exact) mass is 356 g/mol. The van der Waals surface area contributed by atoms with E-state index in [0.29, 0.717) is 23.4 Å². The highest BCUT2D eigenvalue weighted by Gasteiger charge is 2.25. The van der Waals surface area contributed by atoms with Gasteiger partial charge in [-0.15, -0.1) is 0 Å². The number of anilines is 1. The topological polar surface area (TPSA) is 60.3 Å². The van der Waals surface area contributed by atoms with Gasteiger partial charge in [-0.05, 0) is 56.9 Å². The van der Waals surface area contributed by atoms with Crippen molar-refractivity contribution in [2.45, 2.75) is 47.0 Å². The Hall–Kier alpha value is -2.56. The molecule has 0 aliphatic carbocycles. The van der Waals surface area contributed by atoms with Crippen molar-refractivity contribution in [3.05, 3.63) is 52.3 Å². The van der Waals surface area contributed by atoms with Crippen LogP contribution in [0.3, 0.4) is 0 Å². The molecule has 2 aromatic rings. The van der Waals surface area contributed by atoms with E-state index in [9.17, 15) is 9.59 Å². The highest BCUT2D eigenvalue weighted by molar-refractivity contribution is 6.08. The van der Waals surface area contributed by atoms with Gasteiger partial charge in [0.1, 0.15) is 5.69 Å². The van der Waals surface area contributed by atoms with E-state index in [1.165, 1.54) is 5.56 Å². The molecule has 1 amide bonds. The van der Waals surface area contributed by atoms with E-state index >= 15 is 0 Å². The van der Waals surface area contributed by atoms with Crippen LogP contribution >= 0.6 is 0 Å². The maximum atomic E-state index is 12.8. The Kier molecular flexibility index (Phi) is 6.61. The second-order valence-electron chi connectivity index (χ2n) is 6.47. The largest absolute Gasteiger partial charge is 0.461 e. The minimum Gasteiger partial charge on any atom is -0.461 e. The number of rotatable bonds is 7. The molecule has 0 bridgehead atoms. The molecular formula is C21H28N2O3. The van der Waals surface area contributed by atoms with Gasteiger partial charge in [-0.25, -0.2) is 4.79 Å². The Morgan fingerprint density at radius 2 is 1.77 bits per heavy atom. The predicted molar refractivity (Wildman–Crippen MR) is 104 cm³/mol. The van der Waals surface area contributed by atoms with Crippen LogP contribution in [0.15, 0.2) is 24.3 Å². The lowest BCUT2D eigenvalue weighted by molar-refractivity contribution is 0.0514. The number of hydrogen-bond acceptors (Lipinski definition) is 3. The third-order valence-electron chi connectivity index (χ3n) is 4.66. The first-order valence-electron chi connectivity index (χ1n) is 9.13. The Morgan fingerprint density at radius 3 is 2.35 bits per heavy atom. The summed E-state index contributed by atoms with van der Waals surface area (Å²) in [6.45, 7) is 7.85. The minimum atomic E-state index is -0.407. The van der Waals surface area contributed by atoms with Crippen molar-refractivity contribution in [3.63, 3.8) is 0 Å². The Morgan fingerprint density at radius 1 is 1.12 bits per heavy atom. The number of unbranched alkanes of at least 4 members (excludes halogenated alkanes) is 1. The fourth-order valence-corrected chi connectivity index (χ4v) is 3.13. The number of benzene rings is 1. The zero-order chi connectivity index (χ0) is 19.3. The zero-order valence-electron chi connectivity index (χ0n) is 16.3. The van der Waals surface area contributed by atoms with E-state index in [4.69, 9.17) is 4.74 Å². The molecule has 0 atom stereocenters. The third-order valence-corrected chi connectivity index (χ3v) is 4.66. The number of esters is 1. The Balaban J connectivity index is 2.22. The molecule has 0 aliphatic rings. The first-order chi connectivity index (χ1) is 12.4. The van der Waals surface area contributed by atoms with Crippen molar-refractivity contribution in [3.8, 4) is 0 Å². The van der Waals surface area contributed by atoms with Gasteiger partial charge in [-0.3, -0.25) is 4.79 Å². The van der Waals surface area contributed by atoms with Crippen LogP contribution in [-0.2, 0) is 18.2 Å². The number of nitrogens with zero attached hydrogens (tertiary/aromatic N) is 1. The summed E-state index contributed by atoms with van der Waals surface area (Å²) in [5.41, 5.74) is 4.33. The van der Waals surface area contributed by atoms with E-state index in [-0.39, 0.29) is 5.91 Å². The lowest BCUT2D eigenvalue weighted by Crippen LogP contribution is -2.14. The lowest BCUT2D eigenvalue weighted by atomic mass is 10.1. The molecule has 140 valence electrons. The smallest absolute Gasteiger partial charge is 0.355 e. The summed E-state index contributed by atoms with van der Waals surface area (Å²) in [5.74, 6) is -0.623. The number of hydrogen-bond donors (Lipinski definition) is 1. The van der Waals surface area contributed by atoms with Crippen LogP contribution in [0.25, 0.3) is 0 Å². The van der Waals surface area contributed by atoms with Crippen LogP contribution < -0.4 is 5.32 Å². The normalized spacial score (nSPS) is 10.7. The fraction of sp³-hybridized carbons (Fsp3) is 0.429. The molecule has 0 saturated heterocycles. The van der Waals surface area contributed by atoms with Gasteiger partial charge in [-0.2, -0.15) is 0 Å². The Bertz CT molecular complexity index is 789. The summed E-state index contributed by atoms with van der Waals surface area (Å²) in [4.78, 5) is 25.0. The highest BCUT2D eigenvalue weighted by Crippen LogP contribution is 2.23. The predicted octanol–water partition coefficient (Wildman–Crippen LogP) is 4.41. The molecule has 0 radical (unpaired) electrons. The van der Waals surface area contributed by atoms with Gasteiger partial charge in [0.05, 0.1) is 12.2 Å². The molecule has 5 nitrogen and oxygen atoms in total. The SMILES string of the molecule is CCCCc1ccc(NC(=O)c2c(C)c(C(=O)OCC)n(C)c2C)cc1. The average Bonchev–Trinajstić information content (AvgIpc) is 2.83. The van der Waals surface area contributed by atoms with E-state index in [1.54, 1.807) is 25.5 Å². The van der Waals surface area contributed by atoms with E-state index in [1.807, 2.05) is 31.2 Å². The molecule has 1 aromatic carbocycles.